The lowest BCUT2D eigenvalue weighted by Crippen LogP contribution is -2.05. The fourth-order valence-electron chi connectivity index (χ4n) is 2.11. The van der Waals surface area contributed by atoms with Crippen molar-refractivity contribution in [2.45, 2.75) is 6.92 Å². The van der Waals surface area contributed by atoms with Crippen molar-refractivity contribution in [3.8, 4) is 0 Å². The summed E-state index contributed by atoms with van der Waals surface area (Å²) < 4.78 is 5.18. The zero-order chi connectivity index (χ0) is 16.4. The largest absolute Gasteiger partial charge is 0.478 e. The van der Waals surface area contributed by atoms with E-state index in [-0.39, 0.29) is 17.2 Å². The molecule has 0 saturated carbocycles. The lowest BCUT2D eigenvalue weighted by Gasteiger charge is -1.99. The predicted molar refractivity (Wildman–Crippen MR) is 85.2 cm³/mol. The molecule has 0 saturated heterocycles. The van der Waals surface area contributed by atoms with Gasteiger partial charge in [0, 0.05) is 5.56 Å². The van der Waals surface area contributed by atoms with Crippen molar-refractivity contribution >= 4 is 23.9 Å². The number of aromatic carboxylic acids is 1. The number of esters is 1. The third-order valence-electron chi connectivity index (χ3n) is 3.38. The highest BCUT2D eigenvalue weighted by molar-refractivity contribution is 6.12. The van der Waals surface area contributed by atoms with Crippen LogP contribution in [0.2, 0.25) is 0 Å². The number of hydrogen-bond donors (Lipinski definition) is 1. The third kappa shape index (κ3) is 3.18. The van der Waals surface area contributed by atoms with E-state index in [4.69, 9.17) is 9.84 Å². The van der Waals surface area contributed by atoms with Gasteiger partial charge in [0.1, 0.15) is 0 Å². The van der Waals surface area contributed by atoms with Gasteiger partial charge in [-0.25, -0.2) is 14.6 Å². The molecule has 0 aromatic heterocycles. The van der Waals surface area contributed by atoms with Gasteiger partial charge in [-0.3, -0.25) is 0 Å². The van der Waals surface area contributed by atoms with E-state index >= 15 is 0 Å². The van der Waals surface area contributed by atoms with Crippen LogP contribution in [-0.4, -0.2) is 22.9 Å². The molecule has 114 valence electrons. The molecular formula is C18H13NO4. The number of rotatable bonds is 3. The second kappa shape index (κ2) is 5.88. The molecule has 0 spiro atoms. The van der Waals surface area contributed by atoms with Crippen LogP contribution in [0.15, 0.2) is 59.2 Å². The monoisotopic (exact) mass is 307 g/mol. The van der Waals surface area contributed by atoms with Crippen LogP contribution in [0.3, 0.4) is 0 Å². The van der Waals surface area contributed by atoms with Crippen LogP contribution in [-0.2, 0) is 9.53 Å². The van der Waals surface area contributed by atoms with Gasteiger partial charge in [0.25, 0.3) is 0 Å². The second-order valence-corrected chi connectivity index (χ2v) is 5.13. The van der Waals surface area contributed by atoms with Crippen LogP contribution in [0.5, 0.6) is 0 Å². The number of nitrogens with zero attached hydrogens (tertiary/aromatic N) is 1. The molecule has 5 heteroatoms. The quantitative estimate of drug-likeness (QED) is 0.698. The summed E-state index contributed by atoms with van der Waals surface area (Å²) in [5.74, 6) is -1.25. The van der Waals surface area contributed by atoms with E-state index in [9.17, 15) is 9.59 Å². The Morgan fingerprint density at radius 3 is 2.35 bits per heavy atom. The van der Waals surface area contributed by atoms with E-state index in [0.717, 1.165) is 11.1 Å². The van der Waals surface area contributed by atoms with Crippen molar-refractivity contribution < 1.29 is 19.4 Å². The molecule has 0 radical (unpaired) electrons. The summed E-state index contributed by atoms with van der Waals surface area (Å²) in [5, 5.41) is 8.87. The Morgan fingerprint density at radius 2 is 1.74 bits per heavy atom. The van der Waals surface area contributed by atoms with Crippen molar-refractivity contribution in [2.75, 3.05) is 0 Å². The summed E-state index contributed by atoms with van der Waals surface area (Å²) in [6.45, 7) is 1.97. The zero-order valence-electron chi connectivity index (χ0n) is 12.3. The van der Waals surface area contributed by atoms with Gasteiger partial charge in [-0.05, 0) is 42.8 Å². The minimum atomic E-state index is -0.996. The molecule has 0 atom stereocenters. The molecule has 1 N–H and O–H groups in total. The van der Waals surface area contributed by atoms with Gasteiger partial charge in [0.2, 0.25) is 5.90 Å². The van der Waals surface area contributed by atoms with Crippen molar-refractivity contribution in [1.82, 2.24) is 0 Å². The Hall–Kier alpha value is -3.21. The number of aliphatic imine (C=N–C) groups is 1. The molecular weight excluding hydrogens is 294 g/mol. The number of carboxylic acids is 1. The van der Waals surface area contributed by atoms with Crippen LogP contribution >= 0.6 is 0 Å². The summed E-state index contributed by atoms with van der Waals surface area (Å²) in [4.78, 5) is 26.9. The molecule has 0 aliphatic carbocycles. The van der Waals surface area contributed by atoms with E-state index in [2.05, 4.69) is 4.99 Å². The van der Waals surface area contributed by atoms with E-state index in [1.54, 1.807) is 18.2 Å². The van der Waals surface area contributed by atoms with Gasteiger partial charge in [0.05, 0.1) is 5.56 Å². The first-order chi connectivity index (χ1) is 11.0. The molecule has 0 bridgehead atoms. The van der Waals surface area contributed by atoms with Crippen molar-refractivity contribution in [3.05, 3.63) is 76.5 Å². The molecule has 0 fully saturated rings. The number of carbonyl (C=O) groups excluding carboxylic acids is 1. The number of benzene rings is 2. The fourth-order valence-corrected chi connectivity index (χ4v) is 2.11. The summed E-state index contributed by atoms with van der Waals surface area (Å²) in [6.07, 6.45) is 1.56. The highest BCUT2D eigenvalue weighted by Crippen LogP contribution is 2.19. The minimum Gasteiger partial charge on any atom is -0.478 e. The standard InChI is InChI=1S/C18H13NO4/c1-11-2-6-13(7-3-11)16-19-15(18(22)23-16)10-12-4-8-14(9-5-12)17(20)21/h2-10H,1H3,(H,20,21). The molecule has 1 aliphatic heterocycles. The molecule has 0 amide bonds. The van der Waals surface area contributed by atoms with Gasteiger partial charge >= 0.3 is 11.9 Å². The smallest absolute Gasteiger partial charge is 0.363 e. The van der Waals surface area contributed by atoms with Gasteiger partial charge in [-0.15, -0.1) is 0 Å². The zero-order valence-corrected chi connectivity index (χ0v) is 12.3. The van der Waals surface area contributed by atoms with Gasteiger partial charge in [0.15, 0.2) is 5.70 Å². The van der Waals surface area contributed by atoms with Gasteiger partial charge < -0.3 is 9.84 Å². The summed E-state index contributed by atoms with van der Waals surface area (Å²) >= 11 is 0. The van der Waals surface area contributed by atoms with Crippen LogP contribution in [0, 0.1) is 6.92 Å². The molecule has 3 rings (SSSR count). The second-order valence-electron chi connectivity index (χ2n) is 5.13. The molecule has 2 aromatic carbocycles. The maximum atomic E-state index is 11.9. The lowest BCUT2D eigenvalue weighted by molar-refractivity contribution is -0.129. The molecule has 5 nitrogen and oxygen atoms in total. The number of carbonyl (C=O) groups is 2. The van der Waals surface area contributed by atoms with E-state index in [1.807, 2.05) is 31.2 Å². The van der Waals surface area contributed by atoms with Crippen molar-refractivity contribution in [1.29, 1.82) is 0 Å². The molecule has 1 heterocycles. The SMILES string of the molecule is Cc1ccc(C2=NC(=Cc3ccc(C(=O)O)cc3)C(=O)O2)cc1. The average Bonchev–Trinajstić information content (AvgIpc) is 2.89. The van der Waals surface area contributed by atoms with Crippen LogP contribution < -0.4 is 0 Å². The third-order valence-corrected chi connectivity index (χ3v) is 3.38. The number of ether oxygens (including phenoxy) is 1. The Labute approximate surface area is 132 Å². The Kier molecular flexibility index (Phi) is 3.76. The number of hydrogen-bond acceptors (Lipinski definition) is 4. The first-order valence-corrected chi connectivity index (χ1v) is 6.96. The normalized spacial score (nSPS) is 15.4. The maximum Gasteiger partial charge on any atom is 0.363 e. The number of carboxylic acid groups (broad SMARTS) is 1. The summed E-state index contributed by atoms with van der Waals surface area (Å²) in [6, 6.07) is 13.7. The highest BCUT2D eigenvalue weighted by atomic mass is 16.6. The van der Waals surface area contributed by atoms with Crippen molar-refractivity contribution in [3.63, 3.8) is 0 Å². The first-order valence-electron chi connectivity index (χ1n) is 6.96. The van der Waals surface area contributed by atoms with Gasteiger partial charge in [-0.2, -0.15) is 0 Å². The predicted octanol–water partition coefficient (Wildman–Crippen LogP) is 3.04. The maximum absolute atomic E-state index is 11.9. The van der Waals surface area contributed by atoms with E-state index in [1.165, 1.54) is 12.1 Å². The van der Waals surface area contributed by atoms with E-state index in [0.29, 0.717) is 5.56 Å². The van der Waals surface area contributed by atoms with Crippen LogP contribution in [0.25, 0.3) is 6.08 Å². The summed E-state index contributed by atoms with van der Waals surface area (Å²) in [5.41, 5.74) is 2.88. The van der Waals surface area contributed by atoms with Crippen LogP contribution in [0.4, 0.5) is 0 Å². The fraction of sp³-hybridized carbons (Fsp3) is 0.0556. The molecule has 0 unspecified atom stereocenters. The summed E-state index contributed by atoms with van der Waals surface area (Å²) in [7, 11) is 0. The Morgan fingerprint density at radius 1 is 1.09 bits per heavy atom. The Bertz CT molecular complexity index is 830. The lowest BCUT2D eigenvalue weighted by atomic mass is 10.1. The Balaban J connectivity index is 1.88. The van der Waals surface area contributed by atoms with Crippen molar-refractivity contribution in [2.24, 2.45) is 4.99 Å². The number of aryl methyl sites for hydroxylation is 1. The average molecular weight is 307 g/mol. The molecule has 2 aromatic rings. The van der Waals surface area contributed by atoms with E-state index < -0.39 is 11.9 Å². The minimum absolute atomic E-state index is 0.184. The molecule has 23 heavy (non-hydrogen) atoms. The van der Waals surface area contributed by atoms with Crippen LogP contribution in [0.1, 0.15) is 27.0 Å². The highest BCUT2D eigenvalue weighted by Gasteiger charge is 2.23. The topological polar surface area (TPSA) is 76.0 Å². The first kappa shape index (κ1) is 14.7. The molecule has 1 aliphatic rings. The van der Waals surface area contributed by atoms with Gasteiger partial charge in [-0.1, -0.05) is 29.8 Å². The number of cyclic esters (lactones) is 1.